The normalized spacial score (nSPS) is 10.6. The lowest BCUT2D eigenvalue weighted by Crippen LogP contribution is -2.12. The number of halogens is 2. The molecule has 148 valence electrons. The van der Waals surface area contributed by atoms with Crippen LogP contribution in [0.25, 0.3) is 6.08 Å². The predicted molar refractivity (Wildman–Crippen MR) is 102 cm³/mol. The van der Waals surface area contributed by atoms with Crippen molar-refractivity contribution in [2.24, 2.45) is 0 Å². The van der Waals surface area contributed by atoms with Crippen molar-refractivity contribution in [1.29, 1.82) is 0 Å². The summed E-state index contributed by atoms with van der Waals surface area (Å²) in [6.07, 6.45) is 2.70. The van der Waals surface area contributed by atoms with Crippen LogP contribution in [0.4, 0.5) is 20.2 Å². The van der Waals surface area contributed by atoms with Gasteiger partial charge in [-0.1, -0.05) is 6.07 Å². The smallest absolute Gasteiger partial charge is 0.248 e. The molecule has 2 aromatic rings. The van der Waals surface area contributed by atoms with Crippen molar-refractivity contribution in [2.75, 3.05) is 24.4 Å². The quantitative estimate of drug-likeness (QED) is 0.701. The van der Waals surface area contributed by atoms with Crippen LogP contribution in [0, 0.1) is 11.6 Å². The van der Waals surface area contributed by atoms with E-state index in [1.165, 1.54) is 26.2 Å². The monoisotopic (exact) mass is 390 g/mol. The van der Waals surface area contributed by atoms with Crippen LogP contribution in [-0.2, 0) is 9.59 Å². The second-order valence-corrected chi connectivity index (χ2v) is 5.66. The summed E-state index contributed by atoms with van der Waals surface area (Å²) in [5, 5.41) is 4.53. The highest BCUT2D eigenvalue weighted by Gasteiger charge is 2.12. The topological polar surface area (TPSA) is 76.7 Å². The second-order valence-electron chi connectivity index (χ2n) is 5.66. The van der Waals surface area contributed by atoms with Gasteiger partial charge in [0.15, 0.2) is 11.5 Å². The van der Waals surface area contributed by atoms with Crippen molar-refractivity contribution >= 4 is 29.3 Å². The van der Waals surface area contributed by atoms with Gasteiger partial charge in [0.05, 0.1) is 25.1 Å². The lowest BCUT2D eigenvalue weighted by Gasteiger charge is -2.10. The molecule has 8 heteroatoms. The second kappa shape index (κ2) is 9.50. The fraction of sp³-hybridized carbons (Fsp3) is 0.200. The molecule has 0 saturated carbocycles. The third-order valence-electron chi connectivity index (χ3n) is 3.54. The molecular formula is C20H20F2N2O4. The number of rotatable bonds is 7. The summed E-state index contributed by atoms with van der Waals surface area (Å²) in [6, 6.07) is 6.71. The van der Waals surface area contributed by atoms with Crippen LogP contribution in [0.15, 0.2) is 36.4 Å². The van der Waals surface area contributed by atoms with Crippen molar-refractivity contribution in [3.05, 3.63) is 53.6 Å². The molecule has 0 bridgehead atoms. The molecule has 28 heavy (non-hydrogen) atoms. The minimum Gasteiger partial charge on any atom is -0.493 e. The molecule has 0 aliphatic carbocycles. The molecular weight excluding hydrogens is 370 g/mol. The summed E-state index contributed by atoms with van der Waals surface area (Å²) in [4.78, 5) is 23.2. The molecule has 0 aliphatic rings. The van der Waals surface area contributed by atoms with E-state index in [1.807, 2.05) is 6.92 Å². The lowest BCUT2D eigenvalue weighted by molar-refractivity contribution is -0.114. The maximum Gasteiger partial charge on any atom is 0.248 e. The summed E-state index contributed by atoms with van der Waals surface area (Å²) in [7, 11) is 1.52. The number of hydrogen-bond acceptors (Lipinski definition) is 4. The van der Waals surface area contributed by atoms with Crippen molar-refractivity contribution in [3.63, 3.8) is 0 Å². The molecule has 0 saturated heterocycles. The number of carbonyl (C=O) groups is 2. The first-order valence-corrected chi connectivity index (χ1v) is 8.40. The molecule has 0 fully saturated rings. The molecule has 0 radical (unpaired) electrons. The van der Waals surface area contributed by atoms with E-state index in [1.54, 1.807) is 18.2 Å². The van der Waals surface area contributed by atoms with E-state index >= 15 is 0 Å². The van der Waals surface area contributed by atoms with Crippen LogP contribution < -0.4 is 20.1 Å². The highest BCUT2D eigenvalue weighted by Crippen LogP contribution is 2.28. The summed E-state index contributed by atoms with van der Waals surface area (Å²) < 4.78 is 38.2. The lowest BCUT2D eigenvalue weighted by atomic mass is 10.2. The minimum absolute atomic E-state index is 0.232. The third-order valence-corrected chi connectivity index (χ3v) is 3.54. The Bertz CT molecular complexity index is 913. The van der Waals surface area contributed by atoms with E-state index in [-0.39, 0.29) is 11.4 Å². The largest absolute Gasteiger partial charge is 0.493 e. The first-order chi connectivity index (χ1) is 13.3. The SMILES string of the molecule is CCOc1cc(/C=C/C(=O)Nc2cc(NC(C)=O)c(F)cc2F)ccc1OC. The number of ether oxygens (including phenoxy) is 2. The molecule has 2 rings (SSSR count). The molecule has 0 unspecified atom stereocenters. The molecule has 2 N–H and O–H groups in total. The summed E-state index contributed by atoms with van der Waals surface area (Å²) in [6.45, 7) is 3.47. The van der Waals surface area contributed by atoms with E-state index in [0.29, 0.717) is 29.7 Å². The van der Waals surface area contributed by atoms with Gasteiger partial charge in [0.2, 0.25) is 11.8 Å². The Morgan fingerprint density at radius 1 is 1.04 bits per heavy atom. The number of benzene rings is 2. The van der Waals surface area contributed by atoms with Crippen LogP contribution in [-0.4, -0.2) is 25.5 Å². The van der Waals surface area contributed by atoms with E-state index in [9.17, 15) is 18.4 Å². The molecule has 0 aromatic heterocycles. The van der Waals surface area contributed by atoms with Gasteiger partial charge < -0.3 is 20.1 Å². The molecule has 0 atom stereocenters. The number of hydrogen-bond donors (Lipinski definition) is 2. The van der Waals surface area contributed by atoms with Gasteiger partial charge in [0.25, 0.3) is 0 Å². The van der Waals surface area contributed by atoms with E-state index in [2.05, 4.69) is 10.6 Å². The maximum absolute atomic E-state index is 13.9. The summed E-state index contributed by atoms with van der Waals surface area (Å²) in [5.74, 6) is -1.97. The first kappa shape index (κ1) is 20.9. The zero-order valence-electron chi connectivity index (χ0n) is 15.6. The van der Waals surface area contributed by atoms with Crippen LogP contribution in [0.1, 0.15) is 19.4 Å². The van der Waals surface area contributed by atoms with Crippen LogP contribution >= 0.6 is 0 Å². The minimum atomic E-state index is -0.962. The maximum atomic E-state index is 13.9. The van der Waals surface area contributed by atoms with Crippen molar-refractivity contribution in [3.8, 4) is 11.5 Å². The Kier molecular flexibility index (Phi) is 7.08. The van der Waals surface area contributed by atoms with Crippen molar-refractivity contribution < 1.29 is 27.8 Å². The van der Waals surface area contributed by atoms with Crippen molar-refractivity contribution in [2.45, 2.75) is 13.8 Å². The first-order valence-electron chi connectivity index (χ1n) is 8.40. The Balaban J connectivity index is 2.15. The average Bonchev–Trinajstić information content (AvgIpc) is 2.64. The van der Waals surface area contributed by atoms with Gasteiger partial charge in [-0.25, -0.2) is 8.78 Å². The van der Waals surface area contributed by atoms with Crippen LogP contribution in [0.3, 0.4) is 0 Å². The van der Waals surface area contributed by atoms with Crippen LogP contribution in [0.5, 0.6) is 11.5 Å². The van der Waals surface area contributed by atoms with E-state index in [0.717, 1.165) is 6.07 Å². The van der Waals surface area contributed by atoms with Crippen LogP contribution in [0.2, 0.25) is 0 Å². The fourth-order valence-electron chi connectivity index (χ4n) is 2.34. The zero-order chi connectivity index (χ0) is 20.7. The molecule has 0 spiro atoms. The van der Waals surface area contributed by atoms with Gasteiger partial charge in [-0.15, -0.1) is 0 Å². The Labute approximate surface area is 161 Å². The summed E-state index contributed by atoms with van der Waals surface area (Å²) >= 11 is 0. The zero-order valence-corrected chi connectivity index (χ0v) is 15.6. The Morgan fingerprint density at radius 2 is 1.71 bits per heavy atom. The van der Waals surface area contributed by atoms with Gasteiger partial charge in [0, 0.05) is 19.1 Å². The number of carbonyl (C=O) groups excluding carboxylic acids is 2. The highest BCUT2D eigenvalue weighted by atomic mass is 19.1. The molecule has 0 aliphatic heterocycles. The molecule has 2 amide bonds. The number of amides is 2. The molecule has 2 aromatic carbocycles. The highest BCUT2D eigenvalue weighted by molar-refractivity contribution is 6.02. The molecule has 6 nitrogen and oxygen atoms in total. The number of methoxy groups -OCH3 is 1. The summed E-state index contributed by atoms with van der Waals surface area (Å²) in [5.41, 5.74) is 0.173. The fourth-order valence-corrected chi connectivity index (χ4v) is 2.34. The average molecular weight is 390 g/mol. The van der Waals surface area contributed by atoms with Crippen molar-refractivity contribution in [1.82, 2.24) is 0 Å². The standard InChI is InChI=1S/C20H20F2N2O4/c1-4-28-19-9-13(5-7-18(19)27-3)6-8-20(26)24-17-11-16(23-12(2)25)14(21)10-15(17)22/h5-11H,4H2,1-3H3,(H,23,25)(H,24,26)/b8-6+. The van der Waals surface area contributed by atoms with Gasteiger partial charge in [-0.2, -0.15) is 0 Å². The van der Waals surface area contributed by atoms with E-state index in [4.69, 9.17) is 9.47 Å². The molecule has 0 heterocycles. The van der Waals surface area contributed by atoms with Gasteiger partial charge in [-0.05, 0) is 36.8 Å². The Morgan fingerprint density at radius 3 is 2.32 bits per heavy atom. The predicted octanol–water partition coefficient (Wildman–Crippen LogP) is 3.98. The Hall–Kier alpha value is -3.42. The van der Waals surface area contributed by atoms with Gasteiger partial charge in [0.1, 0.15) is 11.6 Å². The number of anilines is 2. The number of nitrogens with one attached hydrogen (secondary N) is 2. The van der Waals surface area contributed by atoms with Gasteiger partial charge in [-0.3, -0.25) is 9.59 Å². The third kappa shape index (κ3) is 5.54. The van der Waals surface area contributed by atoms with Gasteiger partial charge >= 0.3 is 0 Å². The van der Waals surface area contributed by atoms with E-state index < -0.39 is 23.4 Å².